The molecule has 162 valence electrons. The van der Waals surface area contributed by atoms with E-state index in [1.165, 1.54) is 11.6 Å². The first-order valence-electron chi connectivity index (χ1n) is 11.1. The lowest BCUT2D eigenvalue weighted by molar-refractivity contribution is -0.00661. The molecule has 0 aromatic heterocycles. The SMILES string of the molecule is NCCc1ccc(OC2CCC(OCc3ccccc3)CC2)cc1-c1cccc(F)c1. The highest BCUT2D eigenvalue weighted by Crippen LogP contribution is 2.32. The molecular formula is C27H30FNO2. The maximum Gasteiger partial charge on any atom is 0.123 e. The number of hydrogen-bond acceptors (Lipinski definition) is 3. The van der Waals surface area contributed by atoms with Crippen LogP contribution in [0.5, 0.6) is 5.75 Å². The molecule has 2 N–H and O–H groups in total. The second-order valence-corrected chi connectivity index (χ2v) is 8.18. The van der Waals surface area contributed by atoms with Gasteiger partial charge in [-0.15, -0.1) is 0 Å². The maximum absolute atomic E-state index is 13.8. The summed E-state index contributed by atoms with van der Waals surface area (Å²) in [5, 5.41) is 0. The highest BCUT2D eigenvalue weighted by atomic mass is 19.1. The van der Waals surface area contributed by atoms with Crippen LogP contribution in [0.3, 0.4) is 0 Å². The van der Waals surface area contributed by atoms with Crippen LogP contribution in [0.4, 0.5) is 4.39 Å². The van der Waals surface area contributed by atoms with Crippen molar-refractivity contribution in [1.29, 1.82) is 0 Å². The predicted molar refractivity (Wildman–Crippen MR) is 122 cm³/mol. The predicted octanol–water partition coefficient (Wildman–Crippen LogP) is 5.90. The van der Waals surface area contributed by atoms with E-state index in [9.17, 15) is 4.39 Å². The van der Waals surface area contributed by atoms with Crippen molar-refractivity contribution >= 4 is 0 Å². The van der Waals surface area contributed by atoms with Gasteiger partial charge in [-0.2, -0.15) is 0 Å². The highest BCUT2D eigenvalue weighted by Gasteiger charge is 2.23. The molecule has 0 atom stereocenters. The van der Waals surface area contributed by atoms with Crippen LogP contribution < -0.4 is 10.5 Å². The van der Waals surface area contributed by atoms with Crippen LogP contribution in [0.15, 0.2) is 72.8 Å². The Labute approximate surface area is 184 Å². The molecule has 4 heteroatoms. The number of hydrogen-bond donors (Lipinski definition) is 1. The first-order chi connectivity index (χ1) is 15.2. The summed E-state index contributed by atoms with van der Waals surface area (Å²) in [6.45, 7) is 1.21. The third-order valence-corrected chi connectivity index (χ3v) is 5.88. The van der Waals surface area contributed by atoms with E-state index < -0.39 is 0 Å². The van der Waals surface area contributed by atoms with Crippen LogP contribution in [-0.2, 0) is 17.8 Å². The Morgan fingerprint density at radius 3 is 2.35 bits per heavy atom. The molecule has 0 spiro atoms. The molecule has 3 nitrogen and oxygen atoms in total. The van der Waals surface area contributed by atoms with Crippen molar-refractivity contribution in [2.24, 2.45) is 5.73 Å². The van der Waals surface area contributed by atoms with E-state index in [0.29, 0.717) is 13.2 Å². The fourth-order valence-corrected chi connectivity index (χ4v) is 4.22. The van der Waals surface area contributed by atoms with E-state index in [1.54, 1.807) is 12.1 Å². The summed E-state index contributed by atoms with van der Waals surface area (Å²) in [7, 11) is 0. The van der Waals surface area contributed by atoms with Gasteiger partial charge in [0.1, 0.15) is 11.6 Å². The van der Waals surface area contributed by atoms with Gasteiger partial charge in [-0.3, -0.25) is 0 Å². The van der Waals surface area contributed by atoms with Crippen LogP contribution in [0.1, 0.15) is 36.8 Å². The van der Waals surface area contributed by atoms with Gasteiger partial charge in [-0.1, -0.05) is 48.5 Å². The summed E-state index contributed by atoms with van der Waals surface area (Å²) in [4.78, 5) is 0. The zero-order valence-corrected chi connectivity index (χ0v) is 17.8. The quantitative estimate of drug-likeness (QED) is 0.494. The molecule has 3 aromatic rings. The number of nitrogens with two attached hydrogens (primary N) is 1. The summed E-state index contributed by atoms with van der Waals surface area (Å²) < 4.78 is 26.2. The summed E-state index contributed by atoms with van der Waals surface area (Å²) >= 11 is 0. The molecule has 1 saturated carbocycles. The minimum atomic E-state index is -0.239. The van der Waals surface area contributed by atoms with Gasteiger partial charge in [-0.05, 0) is 85.2 Å². The topological polar surface area (TPSA) is 44.5 Å². The molecule has 1 aliphatic rings. The van der Waals surface area contributed by atoms with Gasteiger partial charge in [-0.25, -0.2) is 4.39 Å². The molecule has 0 aliphatic heterocycles. The molecule has 3 aromatic carbocycles. The van der Waals surface area contributed by atoms with E-state index >= 15 is 0 Å². The number of rotatable bonds is 8. The fraction of sp³-hybridized carbons (Fsp3) is 0.333. The van der Waals surface area contributed by atoms with E-state index in [4.69, 9.17) is 15.2 Å². The van der Waals surface area contributed by atoms with Crippen molar-refractivity contribution in [3.05, 3.63) is 89.7 Å². The third kappa shape index (κ3) is 5.93. The summed E-state index contributed by atoms with van der Waals surface area (Å²) in [5.41, 5.74) is 9.95. The van der Waals surface area contributed by atoms with Gasteiger partial charge in [0.05, 0.1) is 18.8 Å². The van der Waals surface area contributed by atoms with Crippen molar-refractivity contribution < 1.29 is 13.9 Å². The van der Waals surface area contributed by atoms with E-state index in [-0.39, 0.29) is 18.0 Å². The van der Waals surface area contributed by atoms with Crippen LogP contribution in [0.25, 0.3) is 11.1 Å². The van der Waals surface area contributed by atoms with Gasteiger partial charge in [0.25, 0.3) is 0 Å². The first-order valence-corrected chi connectivity index (χ1v) is 11.1. The van der Waals surface area contributed by atoms with E-state index in [0.717, 1.165) is 54.5 Å². The molecule has 1 fully saturated rings. The van der Waals surface area contributed by atoms with Gasteiger partial charge in [0, 0.05) is 0 Å². The van der Waals surface area contributed by atoms with E-state index in [1.807, 2.05) is 36.4 Å². The van der Waals surface area contributed by atoms with Crippen molar-refractivity contribution in [2.45, 2.75) is 50.9 Å². The van der Waals surface area contributed by atoms with Crippen LogP contribution in [0.2, 0.25) is 0 Å². The fourth-order valence-electron chi connectivity index (χ4n) is 4.22. The Kier molecular flexibility index (Phi) is 7.34. The second-order valence-electron chi connectivity index (χ2n) is 8.18. The van der Waals surface area contributed by atoms with Crippen molar-refractivity contribution in [3.8, 4) is 16.9 Å². The number of ether oxygens (including phenoxy) is 2. The second kappa shape index (κ2) is 10.6. The lowest BCUT2D eigenvalue weighted by Crippen LogP contribution is -2.28. The van der Waals surface area contributed by atoms with Crippen molar-refractivity contribution in [3.63, 3.8) is 0 Å². The minimum absolute atomic E-state index is 0.178. The molecule has 0 bridgehead atoms. The Bertz CT molecular complexity index is 968. The monoisotopic (exact) mass is 419 g/mol. The molecule has 4 rings (SSSR count). The third-order valence-electron chi connectivity index (χ3n) is 5.88. The number of benzene rings is 3. The zero-order valence-electron chi connectivity index (χ0n) is 17.8. The standard InChI is InChI=1S/C27H30FNO2/c28-23-8-4-7-22(17-23)27-18-26(10-9-21(27)15-16-29)31-25-13-11-24(12-14-25)30-19-20-5-2-1-3-6-20/h1-10,17-18,24-25H,11-16,19,29H2. The summed E-state index contributed by atoms with van der Waals surface area (Å²) in [5.74, 6) is 0.588. The van der Waals surface area contributed by atoms with Gasteiger partial charge >= 0.3 is 0 Å². The van der Waals surface area contributed by atoms with Crippen molar-refractivity contribution in [1.82, 2.24) is 0 Å². The van der Waals surface area contributed by atoms with Crippen LogP contribution in [-0.4, -0.2) is 18.8 Å². The summed E-state index contributed by atoms with van der Waals surface area (Å²) in [6.07, 6.45) is 5.15. The van der Waals surface area contributed by atoms with E-state index in [2.05, 4.69) is 18.2 Å². The van der Waals surface area contributed by atoms with Gasteiger partial charge in [0.15, 0.2) is 0 Å². The maximum atomic E-state index is 13.8. The van der Waals surface area contributed by atoms with Gasteiger partial charge < -0.3 is 15.2 Å². The molecule has 0 saturated heterocycles. The number of halogens is 1. The first kappa shape index (κ1) is 21.5. The lowest BCUT2D eigenvalue weighted by atomic mass is 9.94. The average molecular weight is 420 g/mol. The van der Waals surface area contributed by atoms with Gasteiger partial charge in [0.2, 0.25) is 0 Å². The smallest absolute Gasteiger partial charge is 0.123 e. The molecule has 31 heavy (non-hydrogen) atoms. The van der Waals surface area contributed by atoms with Crippen LogP contribution in [0, 0.1) is 5.82 Å². The Morgan fingerprint density at radius 2 is 1.61 bits per heavy atom. The highest BCUT2D eigenvalue weighted by molar-refractivity contribution is 5.69. The minimum Gasteiger partial charge on any atom is -0.490 e. The Hall–Kier alpha value is -2.69. The molecular weight excluding hydrogens is 389 g/mol. The largest absolute Gasteiger partial charge is 0.490 e. The average Bonchev–Trinajstić information content (AvgIpc) is 2.80. The van der Waals surface area contributed by atoms with Crippen LogP contribution >= 0.6 is 0 Å². The summed E-state index contributed by atoms with van der Waals surface area (Å²) in [6, 6.07) is 23.1. The lowest BCUT2D eigenvalue weighted by Gasteiger charge is -2.29. The molecule has 1 aliphatic carbocycles. The normalized spacial score (nSPS) is 18.6. The molecule has 0 amide bonds. The Morgan fingerprint density at radius 1 is 0.839 bits per heavy atom. The molecule has 0 unspecified atom stereocenters. The Balaban J connectivity index is 1.37. The molecule has 0 radical (unpaired) electrons. The van der Waals surface area contributed by atoms with Crippen molar-refractivity contribution in [2.75, 3.05) is 6.54 Å². The molecule has 0 heterocycles. The zero-order chi connectivity index (χ0) is 21.5.